The maximum Gasteiger partial charge on any atom is 0.327 e. The summed E-state index contributed by atoms with van der Waals surface area (Å²) in [5, 5.41) is 6.69. The van der Waals surface area contributed by atoms with E-state index in [1.54, 1.807) is 18.2 Å². The lowest BCUT2D eigenvalue weighted by atomic mass is 10.1. The average molecular weight is 376 g/mol. The number of nitrogens with zero attached hydrogens (tertiary/aromatic N) is 1. The van der Waals surface area contributed by atoms with Crippen molar-refractivity contribution < 1.29 is 28.7 Å². The lowest BCUT2D eigenvalue weighted by Gasteiger charge is -2.19. The van der Waals surface area contributed by atoms with Gasteiger partial charge in [0.1, 0.15) is 12.1 Å². The molecule has 3 N–H and O–H groups in total. The van der Waals surface area contributed by atoms with Gasteiger partial charge >= 0.3 is 18.0 Å². The van der Waals surface area contributed by atoms with Crippen LogP contribution in [-0.4, -0.2) is 53.9 Å². The minimum absolute atomic E-state index is 0.324. The molecule has 6 amide bonds. The summed E-state index contributed by atoms with van der Waals surface area (Å²) >= 11 is 0. The summed E-state index contributed by atoms with van der Waals surface area (Å²) in [5.41, 5.74) is -0.808. The fraction of sp³-hybridized carbons (Fsp3) is 0.353. The van der Waals surface area contributed by atoms with E-state index in [-0.39, 0.29) is 0 Å². The minimum Gasteiger partial charge on any atom is -0.446 e. The van der Waals surface area contributed by atoms with Crippen LogP contribution in [0.4, 0.5) is 9.59 Å². The lowest BCUT2D eigenvalue weighted by Crippen LogP contribution is -2.43. The molecule has 27 heavy (non-hydrogen) atoms. The number of hydrogen-bond acceptors (Lipinski definition) is 6. The first-order valence-electron chi connectivity index (χ1n) is 8.07. The number of carbonyl (C=O) groups is 5. The number of nitrogens with one attached hydrogen (secondary N) is 3. The van der Waals surface area contributed by atoms with Gasteiger partial charge in [-0.25, -0.2) is 9.59 Å². The molecule has 1 fully saturated rings. The Bertz CT molecular complexity index is 777. The fourth-order valence-electron chi connectivity index (χ4n) is 2.40. The summed E-state index contributed by atoms with van der Waals surface area (Å²) in [5.74, 6) is -2.43. The van der Waals surface area contributed by atoms with Gasteiger partial charge in [-0.2, -0.15) is 0 Å². The van der Waals surface area contributed by atoms with Crippen molar-refractivity contribution >= 4 is 29.8 Å². The Balaban J connectivity index is 2.14. The van der Waals surface area contributed by atoms with Crippen molar-refractivity contribution in [3.05, 3.63) is 35.9 Å². The molecule has 144 valence electrons. The van der Waals surface area contributed by atoms with E-state index in [1.807, 2.05) is 5.32 Å². The zero-order valence-electron chi connectivity index (χ0n) is 15.1. The number of esters is 1. The Morgan fingerprint density at radius 1 is 1.19 bits per heavy atom. The number of hydrogen-bond donors (Lipinski definition) is 3. The molecule has 0 spiro atoms. The quantitative estimate of drug-likeness (QED) is 0.491. The molecule has 1 saturated heterocycles. The predicted molar refractivity (Wildman–Crippen MR) is 92.2 cm³/mol. The molecule has 1 aromatic carbocycles. The van der Waals surface area contributed by atoms with Crippen LogP contribution >= 0.6 is 0 Å². The summed E-state index contributed by atoms with van der Waals surface area (Å²) < 4.78 is 5.17. The molecule has 10 nitrogen and oxygen atoms in total. The normalized spacial score (nSPS) is 16.3. The zero-order valence-corrected chi connectivity index (χ0v) is 15.1. The van der Waals surface area contributed by atoms with Crippen LogP contribution in [0.1, 0.15) is 25.5 Å². The highest BCUT2D eigenvalue weighted by molar-refractivity contribution is 6.08. The van der Waals surface area contributed by atoms with E-state index in [4.69, 9.17) is 4.74 Å². The van der Waals surface area contributed by atoms with E-state index in [0.717, 1.165) is 0 Å². The Hall–Kier alpha value is -3.43. The molecular formula is C17H20N4O6. The van der Waals surface area contributed by atoms with Crippen LogP contribution in [0.3, 0.4) is 0 Å². The summed E-state index contributed by atoms with van der Waals surface area (Å²) in [7, 11) is 1.32. The largest absolute Gasteiger partial charge is 0.446 e. The van der Waals surface area contributed by atoms with Crippen molar-refractivity contribution in [2.24, 2.45) is 0 Å². The molecule has 1 aliphatic rings. The molecule has 1 aliphatic heterocycles. The number of benzene rings is 1. The number of ether oxygens (including phenoxy) is 1. The maximum absolute atomic E-state index is 12.3. The van der Waals surface area contributed by atoms with Crippen molar-refractivity contribution in [2.45, 2.75) is 25.5 Å². The molecule has 0 bridgehead atoms. The van der Waals surface area contributed by atoms with Crippen LogP contribution in [0.5, 0.6) is 0 Å². The molecule has 0 radical (unpaired) electrons. The lowest BCUT2D eigenvalue weighted by molar-refractivity contribution is -0.157. The number of urea groups is 2. The van der Waals surface area contributed by atoms with Crippen LogP contribution in [0, 0.1) is 0 Å². The van der Waals surface area contributed by atoms with Gasteiger partial charge in [-0.1, -0.05) is 30.3 Å². The number of rotatable bonds is 5. The van der Waals surface area contributed by atoms with Crippen molar-refractivity contribution in [1.82, 2.24) is 20.9 Å². The monoisotopic (exact) mass is 376 g/mol. The van der Waals surface area contributed by atoms with Gasteiger partial charge in [0.25, 0.3) is 11.8 Å². The van der Waals surface area contributed by atoms with E-state index >= 15 is 0 Å². The highest BCUT2D eigenvalue weighted by atomic mass is 16.5. The van der Waals surface area contributed by atoms with Gasteiger partial charge in [-0.3, -0.25) is 24.6 Å². The predicted octanol–water partition coefficient (Wildman–Crippen LogP) is 0.0569. The van der Waals surface area contributed by atoms with Gasteiger partial charge in [0.15, 0.2) is 0 Å². The highest BCUT2D eigenvalue weighted by Crippen LogP contribution is 2.20. The third kappa shape index (κ3) is 4.60. The van der Waals surface area contributed by atoms with E-state index in [9.17, 15) is 24.0 Å². The zero-order chi connectivity index (χ0) is 20.2. The first-order valence-corrected chi connectivity index (χ1v) is 8.07. The second-order valence-electron chi connectivity index (χ2n) is 6.30. The molecule has 0 aromatic heterocycles. The Morgan fingerprint density at radius 3 is 2.33 bits per heavy atom. The highest BCUT2D eigenvalue weighted by Gasteiger charge is 2.45. The fourth-order valence-corrected chi connectivity index (χ4v) is 2.40. The smallest absolute Gasteiger partial charge is 0.327 e. The maximum atomic E-state index is 12.3. The van der Waals surface area contributed by atoms with E-state index in [0.29, 0.717) is 10.5 Å². The molecule has 0 unspecified atom stereocenters. The van der Waals surface area contributed by atoms with Gasteiger partial charge < -0.3 is 15.4 Å². The Morgan fingerprint density at radius 2 is 1.81 bits per heavy atom. The van der Waals surface area contributed by atoms with E-state index in [2.05, 4.69) is 10.6 Å². The summed E-state index contributed by atoms with van der Waals surface area (Å²) in [6.45, 7) is 2.34. The van der Waals surface area contributed by atoms with Gasteiger partial charge in [-0.05, 0) is 13.8 Å². The van der Waals surface area contributed by atoms with Crippen LogP contribution < -0.4 is 16.0 Å². The van der Waals surface area contributed by atoms with Crippen molar-refractivity contribution in [3.63, 3.8) is 0 Å². The molecular weight excluding hydrogens is 356 g/mol. The van der Waals surface area contributed by atoms with Crippen LogP contribution in [0.2, 0.25) is 0 Å². The Kier molecular flexibility index (Phi) is 5.78. The number of amides is 6. The van der Waals surface area contributed by atoms with Crippen LogP contribution in [0.15, 0.2) is 30.3 Å². The van der Waals surface area contributed by atoms with Crippen molar-refractivity contribution in [2.75, 3.05) is 13.6 Å². The molecule has 10 heteroatoms. The standard InChI is InChI=1S/C17H20N4O6/c1-17(2)14(24)21(16(26)20-17)9-11(22)27-12(10-7-5-4-6-8-10)13(23)19-15(25)18-3/h4-8,12H,9H2,1-3H3,(H,20,26)(H2,18,19,23,25)/t12-/m1/s1. The number of imide groups is 2. The summed E-state index contributed by atoms with van der Waals surface area (Å²) in [6, 6.07) is 6.54. The molecule has 0 aliphatic carbocycles. The topological polar surface area (TPSA) is 134 Å². The molecule has 1 heterocycles. The van der Waals surface area contributed by atoms with Crippen LogP contribution in [-0.2, 0) is 19.1 Å². The molecule has 0 saturated carbocycles. The number of carbonyl (C=O) groups excluding carboxylic acids is 5. The first kappa shape index (κ1) is 19.9. The minimum atomic E-state index is -1.43. The van der Waals surface area contributed by atoms with Gasteiger partial charge in [0.2, 0.25) is 6.10 Å². The Labute approximate surface area is 155 Å². The summed E-state index contributed by atoms with van der Waals surface area (Å²) in [6.07, 6.45) is -1.43. The van der Waals surface area contributed by atoms with E-state index < -0.39 is 48.0 Å². The van der Waals surface area contributed by atoms with Crippen molar-refractivity contribution in [3.8, 4) is 0 Å². The third-order valence-electron chi connectivity index (χ3n) is 3.79. The summed E-state index contributed by atoms with van der Waals surface area (Å²) in [4.78, 5) is 60.7. The first-order chi connectivity index (χ1) is 12.7. The molecule has 1 atom stereocenters. The van der Waals surface area contributed by atoms with Gasteiger partial charge in [0.05, 0.1) is 0 Å². The van der Waals surface area contributed by atoms with Crippen LogP contribution in [0.25, 0.3) is 0 Å². The molecule has 2 rings (SSSR count). The van der Waals surface area contributed by atoms with E-state index in [1.165, 1.54) is 33.0 Å². The second-order valence-corrected chi connectivity index (χ2v) is 6.30. The molecule has 1 aromatic rings. The van der Waals surface area contributed by atoms with Gasteiger partial charge in [0, 0.05) is 12.6 Å². The average Bonchev–Trinajstić information content (AvgIpc) is 2.81. The SMILES string of the molecule is CNC(=O)NC(=O)[C@H](OC(=O)CN1C(=O)NC(C)(C)C1=O)c1ccccc1. The second kappa shape index (κ2) is 7.85. The van der Waals surface area contributed by atoms with Crippen molar-refractivity contribution in [1.29, 1.82) is 0 Å². The van der Waals surface area contributed by atoms with Gasteiger partial charge in [-0.15, -0.1) is 0 Å². The third-order valence-corrected chi connectivity index (χ3v) is 3.79.